The third-order valence-electron chi connectivity index (χ3n) is 10.5. The minimum absolute atomic E-state index is 0.0338. The molecule has 0 fully saturated rings. The zero-order chi connectivity index (χ0) is 41.2. The van der Waals surface area contributed by atoms with E-state index < -0.39 is 0 Å². The fourth-order valence-corrected chi connectivity index (χ4v) is 7.74. The molecule has 0 aliphatic heterocycles. The van der Waals surface area contributed by atoms with Crippen LogP contribution in [0, 0.1) is 0 Å². The molecule has 0 saturated heterocycles. The van der Waals surface area contributed by atoms with Crippen molar-refractivity contribution in [3.8, 4) is 67.5 Å². The Morgan fingerprint density at radius 1 is 0.351 bits per heavy atom. The van der Waals surface area contributed by atoms with Gasteiger partial charge in [-0.3, -0.25) is 0 Å². The molecule has 0 bridgehead atoms. The van der Waals surface area contributed by atoms with Gasteiger partial charge in [-0.1, -0.05) is 158 Å². The van der Waals surface area contributed by atoms with Crippen molar-refractivity contribution in [1.82, 2.24) is 15.0 Å². The molecule has 0 saturated carbocycles. The Morgan fingerprint density at radius 2 is 1.00 bits per heavy atom. The van der Waals surface area contributed by atoms with Gasteiger partial charge in [0.15, 0.2) is 17.5 Å². The largest absolute Gasteiger partial charge is 0.456 e. The Hall–Kier alpha value is -7.69. The highest BCUT2D eigenvalue weighted by molar-refractivity contribution is 6.14. The normalized spacial score (nSPS) is 12.5. The van der Waals surface area contributed by atoms with Gasteiger partial charge in [-0.15, -0.1) is 0 Å². The summed E-state index contributed by atoms with van der Waals surface area (Å²) in [4.78, 5) is 15.3. The maximum atomic E-state index is 9.41. The lowest BCUT2D eigenvalue weighted by Crippen LogP contribution is -2.01. The van der Waals surface area contributed by atoms with Crippen LogP contribution in [0.1, 0.15) is 5.48 Å². The first-order valence-corrected chi connectivity index (χ1v) is 18.8. The molecule has 266 valence electrons. The predicted molar refractivity (Wildman–Crippen MR) is 235 cm³/mol. The molecule has 2 aromatic heterocycles. The standard InChI is InChI=1S/C53H33N3O/c1-3-13-34(14-4-1)38-20-11-21-42(30-38)52-54-51(36-16-5-2-6-17-36)55-53(56-52)47-32-43(31-41-19-9-10-22-44(41)47)45-23-12-24-48-50(45)46-28-27-40(33-49(46)57-48)39-26-25-35-15-7-8-18-37(35)29-39/h1-33H/i23D,24D,27D,33D. The molecule has 11 rings (SSSR count). The Balaban J connectivity index is 1.14. The summed E-state index contributed by atoms with van der Waals surface area (Å²) in [7, 11) is 0. The van der Waals surface area contributed by atoms with E-state index in [9.17, 15) is 4.11 Å². The summed E-state index contributed by atoms with van der Waals surface area (Å²) in [6.07, 6.45) is 0. The van der Waals surface area contributed by atoms with Crippen LogP contribution in [0.4, 0.5) is 0 Å². The highest BCUT2D eigenvalue weighted by Crippen LogP contribution is 2.41. The smallest absolute Gasteiger partial charge is 0.164 e. The third-order valence-corrected chi connectivity index (χ3v) is 10.5. The summed E-state index contributed by atoms with van der Waals surface area (Å²) in [5.74, 6) is 1.51. The van der Waals surface area contributed by atoms with E-state index in [1.165, 1.54) is 6.07 Å². The molecule has 4 nitrogen and oxygen atoms in total. The van der Waals surface area contributed by atoms with E-state index in [1.54, 1.807) is 6.07 Å². The second-order valence-electron chi connectivity index (χ2n) is 14.1. The van der Waals surface area contributed by atoms with Crippen molar-refractivity contribution in [1.29, 1.82) is 0 Å². The van der Waals surface area contributed by atoms with E-state index in [2.05, 4.69) is 24.3 Å². The summed E-state index contributed by atoms with van der Waals surface area (Å²) in [5, 5.41) is 4.91. The molecule has 11 aromatic rings. The number of rotatable bonds is 6. The second kappa shape index (κ2) is 13.6. The Kier molecular flexibility index (Phi) is 6.83. The molecule has 0 atom stereocenters. The minimum atomic E-state index is 0.0338. The number of furan rings is 1. The van der Waals surface area contributed by atoms with Gasteiger partial charge in [-0.05, 0) is 97.3 Å². The van der Waals surface area contributed by atoms with E-state index in [1.807, 2.05) is 140 Å². The first kappa shape index (κ1) is 28.7. The average Bonchev–Trinajstić information content (AvgIpc) is 3.69. The molecular weight excluding hydrogens is 695 g/mol. The Morgan fingerprint density at radius 3 is 1.84 bits per heavy atom. The van der Waals surface area contributed by atoms with E-state index in [4.69, 9.17) is 20.7 Å². The molecule has 2 heterocycles. The van der Waals surface area contributed by atoms with Gasteiger partial charge in [0, 0.05) is 27.5 Å². The molecule has 9 aromatic carbocycles. The highest BCUT2D eigenvalue weighted by Gasteiger charge is 2.19. The predicted octanol–water partition coefficient (Wildman–Crippen LogP) is 14.1. The summed E-state index contributed by atoms with van der Waals surface area (Å²) < 4.78 is 43.4. The zero-order valence-electron chi connectivity index (χ0n) is 34.5. The maximum absolute atomic E-state index is 9.41. The molecule has 4 heteroatoms. The van der Waals surface area contributed by atoms with E-state index in [0.29, 0.717) is 44.9 Å². The van der Waals surface area contributed by atoms with Crippen LogP contribution < -0.4 is 0 Å². The molecule has 57 heavy (non-hydrogen) atoms. The molecule has 0 aliphatic carbocycles. The van der Waals surface area contributed by atoms with Crippen LogP contribution in [-0.2, 0) is 0 Å². The number of fused-ring (bicyclic) bond motifs is 5. The van der Waals surface area contributed by atoms with Crippen LogP contribution in [0.5, 0.6) is 0 Å². The SMILES string of the molecule is [2H]c1cc2c(oc3c([2H])cc([2H])c(-c4cc(-c5nc(-c6ccccc6)nc(-c6cccc(-c7ccccc7)c6)n5)c5ccccc5c4)c32)c([2H])c1-c1ccc2ccccc2c1. The highest BCUT2D eigenvalue weighted by atomic mass is 16.3. The quantitative estimate of drug-likeness (QED) is 0.171. The Bertz CT molecular complexity index is 3530. The van der Waals surface area contributed by atoms with Gasteiger partial charge in [0.05, 0.1) is 5.48 Å². The lowest BCUT2D eigenvalue weighted by Gasteiger charge is -2.13. The van der Waals surface area contributed by atoms with Crippen molar-refractivity contribution in [2.75, 3.05) is 0 Å². The lowest BCUT2D eigenvalue weighted by atomic mass is 9.93. The Labute approximate surface area is 335 Å². The fraction of sp³-hybridized carbons (Fsp3) is 0. The van der Waals surface area contributed by atoms with Crippen LogP contribution in [0.2, 0.25) is 0 Å². The van der Waals surface area contributed by atoms with Crippen molar-refractivity contribution in [3.05, 3.63) is 200 Å². The van der Waals surface area contributed by atoms with Crippen LogP contribution in [-0.4, -0.2) is 15.0 Å². The van der Waals surface area contributed by atoms with Crippen molar-refractivity contribution in [2.45, 2.75) is 0 Å². The summed E-state index contributed by atoms with van der Waals surface area (Å²) in [5.41, 5.74) is 7.48. The molecule has 0 N–H and O–H groups in total. The van der Waals surface area contributed by atoms with Crippen molar-refractivity contribution < 1.29 is 9.90 Å². The van der Waals surface area contributed by atoms with Gasteiger partial charge in [0.2, 0.25) is 0 Å². The number of aromatic nitrogens is 3. The van der Waals surface area contributed by atoms with Gasteiger partial charge < -0.3 is 4.42 Å². The topological polar surface area (TPSA) is 51.8 Å². The van der Waals surface area contributed by atoms with E-state index in [-0.39, 0.29) is 35.3 Å². The molecule has 0 radical (unpaired) electrons. The third kappa shape index (κ3) is 5.92. The van der Waals surface area contributed by atoms with Crippen LogP contribution in [0.15, 0.2) is 205 Å². The molecule has 0 unspecified atom stereocenters. The summed E-state index contributed by atoms with van der Waals surface area (Å²) in [6, 6.07) is 57.8. The number of hydrogen-bond acceptors (Lipinski definition) is 4. The monoisotopic (exact) mass is 731 g/mol. The minimum Gasteiger partial charge on any atom is -0.456 e. The number of nitrogens with zero attached hydrogens (tertiary/aromatic N) is 3. The van der Waals surface area contributed by atoms with Crippen molar-refractivity contribution >= 4 is 43.5 Å². The van der Waals surface area contributed by atoms with Gasteiger partial charge in [-0.2, -0.15) is 0 Å². The average molecular weight is 732 g/mol. The second-order valence-corrected chi connectivity index (χ2v) is 14.1. The van der Waals surface area contributed by atoms with Gasteiger partial charge in [0.1, 0.15) is 11.2 Å². The maximum Gasteiger partial charge on any atom is 0.164 e. The van der Waals surface area contributed by atoms with Crippen LogP contribution in [0.25, 0.3) is 111 Å². The molecule has 0 amide bonds. The number of benzene rings is 9. The first-order chi connectivity index (χ1) is 29.9. The van der Waals surface area contributed by atoms with E-state index in [0.717, 1.165) is 54.9 Å². The van der Waals surface area contributed by atoms with Crippen molar-refractivity contribution in [3.63, 3.8) is 0 Å². The fourth-order valence-electron chi connectivity index (χ4n) is 7.74. The lowest BCUT2D eigenvalue weighted by molar-refractivity contribution is 0.669. The number of hydrogen-bond donors (Lipinski definition) is 0. The zero-order valence-corrected chi connectivity index (χ0v) is 30.5. The summed E-state index contributed by atoms with van der Waals surface area (Å²) in [6.45, 7) is 0. The first-order valence-electron chi connectivity index (χ1n) is 20.8. The molecular formula is C53H33N3O. The van der Waals surface area contributed by atoms with Gasteiger partial charge in [0.25, 0.3) is 0 Å². The van der Waals surface area contributed by atoms with Gasteiger partial charge >= 0.3 is 0 Å². The van der Waals surface area contributed by atoms with E-state index >= 15 is 0 Å². The van der Waals surface area contributed by atoms with Crippen LogP contribution >= 0.6 is 0 Å². The summed E-state index contributed by atoms with van der Waals surface area (Å²) >= 11 is 0. The molecule has 0 spiro atoms. The van der Waals surface area contributed by atoms with Gasteiger partial charge in [-0.25, -0.2) is 15.0 Å². The van der Waals surface area contributed by atoms with Crippen molar-refractivity contribution in [2.24, 2.45) is 0 Å². The van der Waals surface area contributed by atoms with Crippen LogP contribution in [0.3, 0.4) is 0 Å². The molecule has 0 aliphatic rings.